The maximum atomic E-state index is 12.5. The van der Waals surface area contributed by atoms with Gasteiger partial charge in [-0.05, 0) is 61.9 Å². The molecule has 0 atom stereocenters. The predicted octanol–water partition coefficient (Wildman–Crippen LogP) is 5.72. The van der Waals surface area contributed by atoms with Crippen LogP contribution in [0.3, 0.4) is 0 Å². The topological polar surface area (TPSA) is 81.5 Å². The van der Waals surface area contributed by atoms with E-state index < -0.39 is 4.92 Å². The molecule has 29 heavy (non-hydrogen) atoms. The molecule has 0 aliphatic carbocycles. The van der Waals surface area contributed by atoms with Gasteiger partial charge in [-0.2, -0.15) is 0 Å². The van der Waals surface area contributed by atoms with Gasteiger partial charge >= 0.3 is 0 Å². The zero-order valence-electron chi connectivity index (χ0n) is 16.7. The van der Waals surface area contributed by atoms with Crippen molar-refractivity contribution >= 4 is 28.6 Å². The van der Waals surface area contributed by atoms with Crippen molar-refractivity contribution in [3.05, 3.63) is 84.6 Å². The van der Waals surface area contributed by atoms with E-state index in [1.807, 2.05) is 26.2 Å². The number of carbonyl (C=O) groups excluding carboxylic acids is 1. The molecule has 150 valence electrons. The average molecular weight is 410 g/mol. The summed E-state index contributed by atoms with van der Waals surface area (Å²) in [5.74, 6) is 0.471. The summed E-state index contributed by atoms with van der Waals surface area (Å²) in [6, 6.07) is 10.6. The second-order valence-electron chi connectivity index (χ2n) is 7.07. The monoisotopic (exact) mass is 410 g/mol. The molecule has 1 N–H and O–H groups in total. The van der Waals surface area contributed by atoms with E-state index in [2.05, 4.69) is 17.4 Å². The average Bonchev–Trinajstić information content (AvgIpc) is 3.11. The Morgan fingerprint density at radius 3 is 2.41 bits per heavy atom. The molecule has 0 unspecified atom stereocenters. The number of benzene rings is 2. The first kappa shape index (κ1) is 20.5. The number of hydrogen-bond donors (Lipinski definition) is 1. The predicted molar refractivity (Wildman–Crippen MR) is 115 cm³/mol. The van der Waals surface area contributed by atoms with Gasteiger partial charge in [0.1, 0.15) is 18.0 Å². The number of nitro benzene ring substituents is 1. The minimum atomic E-state index is -0.497. The van der Waals surface area contributed by atoms with Crippen molar-refractivity contribution < 1.29 is 14.5 Å². The van der Waals surface area contributed by atoms with Crippen molar-refractivity contribution in [3.8, 4) is 5.75 Å². The Bertz CT molecular complexity index is 1070. The van der Waals surface area contributed by atoms with Crippen molar-refractivity contribution in [2.75, 3.05) is 5.32 Å². The largest absolute Gasteiger partial charge is 0.488 e. The molecule has 0 radical (unpaired) electrons. The summed E-state index contributed by atoms with van der Waals surface area (Å²) in [7, 11) is 0. The number of ether oxygens (including phenoxy) is 1. The number of rotatable bonds is 6. The fourth-order valence-corrected chi connectivity index (χ4v) is 3.99. The van der Waals surface area contributed by atoms with E-state index in [0.29, 0.717) is 11.5 Å². The lowest BCUT2D eigenvalue weighted by Gasteiger charge is -2.12. The van der Waals surface area contributed by atoms with Crippen LogP contribution in [-0.2, 0) is 6.61 Å². The number of carbonyl (C=O) groups is 1. The Hall–Kier alpha value is -3.19. The smallest absolute Gasteiger partial charge is 0.293 e. The Morgan fingerprint density at radius 2 is 1.76 bits per heavy atom. The van der Waals surface area contributed by atoms with E-state index in [0.717, 1.165) is 28.0 Å². The quantitative estimate of drug-likeness (QED) is 0.416. The van der Waals surface area contributed by atoms with Gasteiger partial charge in [-0.1, -0.05) is 23.8 Å². The first-order valence-corrected chi connectivity index (χ1v) is 9.97. The van der Waals surface area contributed by atoms with E-state index in [1.165, 1.54) is 23.0 Å². The number of nitrogens with zero attached hydrogens (tertiary/aromatic N) is 1. The summed E-state index contributed by atoms with van der Waals surface area (Å²) in [4.78, 5) is 23.7. The summed E-state index contributed by atoms with van der Waals surface area (Å²) in [6.07, 6.45) is 0. The molecule has 1 heterocycles. The van der Waals surface area contributed by atoms with Crippen LogP contribution in [0, 0.1) is 37.8 Å². The molecule has 0 aliphatic rings. The highest BCUT2D eigenvalue weighted by Crippen LogP contribution is 2.28. The highest BCUT2D eigenvalue weighted by molar-refractivity contribution is 7.12. The highest BCUT2D eigenvalue weighted by Gasteiger charge is 2.18. The Labute approximate surface area is 173 Å². The van der Waals surface area contributed by atoms with Crippen molar-refractivity contribution in [3.63, 3.8) is 0 Å². The van der Waals surface area contributed by atoms with Crippen LogP contribution in [0.25, 0.3) is 0 Å². The van der Waals surface area contributed by atoms with Crippen LogP contribution in [0.5, 0.6) is 5.75 Å². The lowest BCUT2D eigenvalue weighted by Crippen LogP contribution is -2.11. The van der Waals surface area contributed by atoms with E-state index in [-0.39, 0.29) is 17.3 Å². The van der Waals surface area contributed by atoms with E-state index in [4.69, 9.17) is 4.74 Å². The first-order chi connectivity index (χ1) is 13.7. The SMILES string of the molecule is Cc1cc(C)c(OCc2csc(C(=O)Nc3ccc(C)cc3[N+](=O)[O-])c2)c(C)c1. The molecule has 6 nitrogen and oxygen atoms in total. The summed E-state index contributed by atoms with van der Waals surface area (Å²) < 4.78 is 5.97. The number of amides is 1. The summed E-state index contributed by atoms with van der Waals surface area (Å²) in [5.41, 5.74) is 5.02. The lowest BCUT2D eigenvalue weighted by atomic mass is 10.1. The molecular weight excluding hydrogens is 388 g/mol. The fraction of sp³-hybridized carbons (Fsp3) is 0.227. The van der Waals surface area contributed by atoms with Gasteiger partial charge in [0, 0.05) is 11.6 Å². The molecule has 0 fully saturated rings. The van der Waals surface area contributed by atoms with Crippen LogP contribution in [0.4, 0.5) is 11.4 Å². The third-order valence-corrected chi connectivity index (χ3v) is 5.44. The number of anilines is 1. The van der Waals surface area contributed by atoms with E-state index in [1.54, 1.807) is 25.1 Å². The zero-order chi connectivity index (χ0) is 21.1. The van der Waals surface area contributed by atoms with Gasteiger partial charge in [-0.3, -0.25) is 14.9 Å². The molecule has 7 heteroatoms. The van der Waals surface area contributed by atoms with Gasteiger partial charge in [-0.15, -0.1) is 11.3 Å². The molecule has 1 amide bonds. The van der Waals surface area contributed by atoms with Gasteiger partial charge < -0.3 is 10.1 Å². The van der Waals surface area contributed by atoms with Gasteiger partial charge in [0.2, 0.25) is 0 Å². The van der Waals surface area contributed by atoms with Crippen LogP contribution in [0.15, 0.2) is 41.8 Å². The van der Waals surface area contributed by atoms with Crippen molar-refractivity contribution in [1.82, 2.24) is 0 Å². The minimum absolute atomic E-state index is 0.121. The normalized spacial score (nSPS) is 10.6. The Morgan fingerprint density at radius 1 is 1.07 bits per heavy atom. The van der Waals surface area contributed by atoms with Crippen molar-refractivity contribution in [1.29, 1.82) is 0 Å². The van der Waals surface area contributed by atoms with E-state index >= 15 is 0 Å². The molecule has 2 aromatic carbocycles. The fourth-order valence-electron chi connectivity index (χ4n) is 3.20. The maximum absolute atomic E-state index is 12.5. The number of hydrogen-bond acceptors (Lipinski definition) is 5. The third-order valence-electron chi connectivity index (χ3n) is 4.46. The van der Waals surface area contributed by atoms with Crippen molar-refractivity contribution in [2.45, 2.75) is 34.3 Å². The number of nitro groups is 1. The summed E-state index contributed by atoms with van der Waals surface area (Å²) in [6.45, 7) is 8.18. The second-order valence-corrected chi connectivity index (χ2v) is 7.98. The van der Waals surface area contributed by atoms with Gasteiger partial charge in [0.25, 0.3) is 11.6 Å². The number of aryl methyl sites for hydroxylation is 4. The standard InChI is InChI=1S/C22H22N2O4S/c1-13-5-6-18(19(9-13)24(26)27)23-22(25)20-10-17(12-29-20)11-28-21-15(3)7-14(2)8-16(21)4/h5-10,12H,11H2,1-4H3,(H,23,25). The second kappa shape index (κ2) is 8.45. The van der Waals surface area contributed by atoms with Crippen LogP contribution in [-0.4, -0.2) is 10.8 Å². The molecule has 0 saturated heterocycles. The maximum Gasteiger partial charge on any atom is 0.293 e. The van der Waals surface area contributed by atoms with Crippen molar-refractivity contribution in [2.24, 2.45) is 0 Å². The lowest BCUT2D eigenvalue weighted by molar-refractivity contribution is -0.384. The minimum Gasteiger partial charge on any atom is -0.488 e. The van der Waals surface area contributed by atoms with Crippen LogP contribution >= 0.6 is 11.3 Å². The number of thiophene rings is 1. The molecule has 3 rings (SSSR count). The first-order valence-electron chi connectivity index (χ1n) is 9.09. The molecule has 0 aliphatic heterocycles. The van der Waals surface area contributed by atoms with Crippen LogP contribution < -0.4 is 10.1 Å². The molecule has 0 bridgehead atoms. The Balaban J connectivity index is 1.71. The molecule has 0 spiro atoms. The van der Waals surface area contributed by atoms with Crippen LogP contribution in [0.2, 0.25) is 0 Å². The van der Waals surface area contributed by atoms with Crippen LogP contribution in [0.1, 0.15) is 37.5 Å². The van der Waals surface area contributed by atoms with Gasteiger partial charge in [0.15, 0.2) is 0 Å². The van der Waals surface area contributed by atoms with E-state index in [9.17, 15) is 14.9 Å². The molecule has 1 aromatic heterocycles. The Kier molecular flexibility index (Phi) is 5.98. The number of nitrogens with one attached hydrogen (secondary N) is 1. The molecule has 0 saturated carbocycles. The third kappa shape index (κ3) is 4.81. The van der Waals surface area contributed by atoms with Gasteiger partial charge in [0.05, 0.1) is 9.80 Å². The van der Waals surface area contributed by atoms with Gasteiger partial charge in [-0.25, -0.2) is 0 Å². The molecular formula is C22H22N2O4S. The highest BCUT2D eigenvalue weighted by atomic mass is 32.1. The summed E-state index contributed by atoms with van der Waals surface area (Å²) >= 11 is 1.28. The molecule has 3 aromatic rings. The summed E-state index contributed by atoms with van der Waals surface area (Å²) in [5, 5.41) is 15.7. The zero-order valence-corrected chi connectivity index (χ0v) is 17.6.